The van der Waals surface area contributed by atoms with Gasteiger partial charge in [-0.2, -0.15) is 0 Å². The second kappa shape index (κ2) is 10.7. The lowest BCUT2D eigenvalue weighted by molar-refractivity contribution is 0.100. The minimum absolute atomic E-state index is 0.418. The van der Waals surface area contributed by atoms with Crippen molar-refractivity contribution in [3.8, 4) is 0 Å². The topological polar surface area (TPSA) is 124 Å². The summed E-state index contributed by atoms with van der Waals surface area (Å²) in [5.74, 6) is 0.230. The third-order valence-electron chi connectivity index (χ3n) is 5.88. The maximum Gasteiger partial charge on any atom is 0.248 e. The molecule has 5 rings (SSSR count). The number of carbonyl (C=O) groups excluding carboxylic acids is 1. The van der Waals surface area contributed by atoms with Gasteiger partial charge in [-0.25, -0.2) is 4.98 Å². The normalized spacial score (nSPS) is 11.2. The van der Waals surface area contributed by atoms with E-state index >= 15 is 0 Å². The summed E-state index contributed by atoms with van der Waals surface area (Å²) < 4.78 is 1.81. The molecule has 0 aliphatic rings. The maximum absolute atomic E-state index is 11.6. The predicted octanol–water partition coefficient (Wildman–Crippen LogP) is 3.57. The number of pyridine rings is 2. The Balaban J connectivity index is 1.20. The van der Waals surface area contributed by atoms with Crippen molar-refractivity contribution in [3.05, 3.63) is 89.0 Å². The van der Waals surface area contributed by atoms with Crippen molar-refractivity contribution in [2.24, 2.45) is 5.73 Å². The Morgan fingerprint density at radius 3 is 2.83 bits per heavy atom. The molecule has 0 fully saturated rings. The van der Waals surface area contributed by atoms with Crippen LogP contribution in [-0.2, 0) is 19.5 Å². The second-order valence-corrected chi connectivity index (χ2v) is 8.87. The highest BCUT2D eigenvalue weighted by Crippen LogP contribution is 2.29. The summed E-state index contributed by atoms with van der Waals surface area (Å²) in [4.78, 5) is 20.6. The van der Waals surface area contributed by atoms with Crippen molar-refractivity contribution in [1.82, 2.24) is 30.3 Å². The molecular weight excluding hydrogens is 476 g/mol. The molecule has 0 saturated carbocycles. The number of nitrogens with one attached hydrogen (secondary N) is 2. The average molecular weight is 501 g/mol. The summed E-state index contributed by atoms with van der Waals surface area (Å²) in [5, 5.41) is 18.9. The third-order valence-corrected chi connectivity index (χ3v) is 6.11. The monoisotopic (exact) mass is 500 g/mol. The van der Waals surface area contributed by atoms with Crippen LogP contribution in [0.1, 0.15) is 21.6 Å². The van der Waals surface area contributed by atoms with E-state index in [2.05, 4.69) is 25.9 Å². The molecule has 0 atom stereocenters. The summed E-state index contributed by atoms with van der Waals surface area (Å²) in [5.41, 5.74) is 8.63. The van der Waals surface area contributed by atoms with Crippen molar-refractivity contribution in [3.63, 3.8) is 0 Å². The Hall–Kier alpha value is -4.08. The zero-order chi connectivity index (χ0) is 24.9. The molecule has 0 aliphatic carbocycles. The fourth-order valence-corrected chi connectivity index (χ4v) is 4.30. The van der Waals surface area contributed by atoms with Crippen molar-refractivity contribution in [2.45, 2.75) is 19.5 Å². The molecule has 0 radical (unpaired) electrons. The molecule has 4 N–H and O–H groups in total. The van der Waals surface area contributed by atoms with Crippen LogP contribution in [0.2, 0.25) is 5.02 Å². The van der Waals surface area contributed by atoms with Gasteiger partial charge >= 0.3 is 0 Å². The highest BCUT2D eigenvalue weighted by atomic mass is 35.5. The van der Waals surface area contributed by atoms with Gasteiger partial charge < -0.3 is 16.4 Å². The first-order chi connectivity index (χ1) is 17.6. The van der Waals surface area contributed by atoms with Crippen LogP contribution >= 0.6 is 11.6 Å². The molecule has 3 heterocycles. The molecule has 0 unspecified atom stereocenters. The van der Waals surface area contributed by atoms with E-state index in [1.165, 1.54) is 0 Å². The number of anilines is 1. The van der Waals surface area contributed by atoms with Gasteiger partial charge in [-0.05, 0) is 35.9 Å². The minimum Gasteiger partial charge on any atom is -0.368 e. The molecule has 3 aromatic heterocycles. The number of carbonyl (C=O) groups is 1. The second-order valence-electron chi connectivity index (χ2n) is 8.43. The maximum atomic E-state index is 11.6. The SMILES string of the molecule is NC(=O)c1ccc2c(c1)nc(NCCn1cc(CCNCc3cccc(Cl)c3)nn1)c1ccncc12. The quantitative estimate of drug-likeness (QED) is 0.198. The highest BCUT2D eigenvalue weighted by molar-refractivity contribution is 6.30. The van der Waals surface area contributed by atoms with Gasteiger partial charge in [-0.1, -0.05) is 35.0 Å². The van der Waals surface area contributed by atoms with Gasteiger partial charge in [0, 0.05) is 71.4 Å². The fourth-order valence-electron chi connectivity index (χ4n) is 4.08. The molecule has 182 valence electrons. The summed E-state index contributed by atoms with van der Waals surface area (Å²) in [6.07, 6.45) is 6.28. The molecular formula is C26H25ClN8O. The first-order valence-electron chi connectivity index (χ1n) is 11.6. The summed E-state index contributed by atoms with van der Waals surface area (Å²) >= 11 is 6.03. The van der Waals surface area contributed by atoms with Gasteiger partial charge in [-0.3, -0.25) is 14.5 Å². The van der Waals surface area contributed by atoms with Crippen LogP contribution in [0.25, 0.3) is 21.7 Å². The lowest BCUT2D eigenvalue weighted by Gasteiger charge is -2.12. The number of amides is 1. The van der Waals surface area contributed by atoms with E-state index in [-0.39, 0.29) is 0 Å². The van der Waals surface area contributed by atoms with Crippen LogP contribution in [0.4, 0.5) is 5.82 Å². The van der Waals surface area contributed by atoms with Crippen LogP contribution in [0.5, 0.6) is 0 Å². The van der Waals surface area contributed by atoms with E-state index in [1.54, 1.807) is 24.5 Å². The van der Waals surface area contributed by atoms with E-state index in [0.717, 1.165) is 51.9 Å². The summed E-state index contributed by atoms with van der Waals surface area (Å²) in [6.45, 7) is 2.76. The van der Waals surface area contributed by atoms with Crippen LogP contribution in [0.3, 0.4) is 0 Å². The van der Waals surface area contributed by atoms with Crippen LogP contribution in [0.15, 0.2) is 67.1 Å². The largest absolute Gasteiger partial charge is 0.368 e. The number of nitrogens with two attached hydrogens (primary N) is 1. The number of rotatable bonds is 10. The Kier molecular flexibility index (Phi) is 7.01. The average Bonchev–Trinajstić information content (AvgIpc) is 3.34. The van der Waals surface area contributed by atoms with E-state index in [0.29, 0.717) is 30.0 Å². The standard InChI is InChI=1S/C26H25ClN8O/c27-19-3-1-2-17(12-19)14-29-8-6-20-16-35(34-33-20)11-10-31-26-22-7-9-30-15-23(22)21-5-4-18(25(28)36)13-24(21)32-26/h1-5,7,9,12-13,15-16,29H,6,8,10-11,14H2,(H2,28,36)(H,31,32). The van der Waals surface area contributed by atoms with E-state index in [4.69, 9.17) is 22.3 Å². The number of fused-ring (bicyclic) bond motifs is 3. The van der Waals surface area contributed by atoms with Gasteiger partial charge in [0.1, 0.15) is 5.82 Å². The number of aromatic nitrogens is 5. The molecule has 9 nitrogen and oxygen atoms in total. The molecule has 0 spiro atoms. The lowest BCUT2D eigenvalue weighted by atomic mass is 10.1. The molecule has 0 bridgehead atoms. The van der Waals surface area contributed by atoms with Crippen molar-refractivity contribution >= 4 is 45.0 Å². The molecule has 1 amide bonds. The first-order valence-corrected chi connectivity index (χ1v) is 12.0. The molecule has 10 heteroatoms. The van der Waals surface area contributed by atoms with Gasteiger partial charge in [0.05, 0.1) is 17.8 Å². The highest BCUT2D eigenvalue weighted by Gasteiger charge is 2.11. The zero-order valence-corrected chi connectivity index (χ0v) is 20.2. The molecule has 0 aliphatic heterocycles. The molecule has 5 aromatic rings. The van der Waals surface area contributed by atoms with Crippen molar-refractivity contribution < 1.29 is 4.79 Å². The third kappa shape index (κ3) is 5.42. The fraction of sp³-hybridized carbons (Fsp3) is 0.192. The minimum atomic E-state index is -0.485. The smallest absolute Gasteiger partial charge is 0.248 e. The number of benzene rings is 2. The number of primary amides is 1. The van der Waals surface area contributed by atoms with E-state index in [1.807, 2.05) is 47.3 Å². The van der Waals surface area contributed by atoms with Gasteiger partial charge in [0.2, 0.25) is 5.91 Å². The Labute approximate surface area is 212 Å². The van der Waals surface area contributed by atoms with Crippen molar-refractivity contribution in [1.29, 1.82) is 0 Å². The Morgan fingerprint density at radius 1 is 1.06 bits per heavy atom. The Bertz CT molecular complexity index is 1530. The van der Waals surface area contributed by atoms with Crippen LogP contribution in [-0.4, -0.2) is 44.0 Å². The number of nitrogens with zero attached hydrogens (tertiary/aromatic N) is 5. The van der Waals surface area contributed by atoms with Crippen LogP contribution < -0.4 is 16.4 Å². The molecule has 0 saturated heterocycles. The summed E-state index contributed by atoms with van der Waals surface area (Å²) in [7, 11) is 0. The van der Waals surface area contributed by atoms with Gasteiger partial charge in [0.25, 0.3) is 0 Å². The Morgan fingerprint density at radius 2 is 1.97 bits per heavy atom. The number of hydrogen-bond donors (Lipinski definition) is 3. The molecule has 2 aromatic carbocycles. The van der Waals surface area contributed by atoms with Crippen molar-refractivity contribution in [2.75, 3.05) is 18.4 Å². The number of halogens is 1. The summed E-state index contributed by atoms with van der Waals surface area (Å²) in [6, 6.07) is 15.0. The zero-order valence-electron chi connectivity index (χ0n) is 19.5. The predicted molar refractivity (Wildman–Crippen MR) is 141 cm³/mol. The van der Waals surface area contributed by atoms with E-state index < -0.39 is 5.91 Å². The first kappa shape index (κ1) is 23.7. The van der Waals surface area contributed by atoms with E-state index in [9.17, 15) is 4.79 Å². The van der Waals surface area contributed by atoms with Gasteiger partial charge in [-0.15, -0.1) is 5.10 Å². The van der Waals surface area contributed by atoms with Crippen LogP contribution in [0, 0.1) is 0 Å². The molecule has 36 heavy (non-hydrogen) atoms. The van der Waals surface area contributed by atoms with Gasteiger partial charge in [0.15, 0.2) is 0 Å². The number of hydrogen-bond acceptors (Lipinski definition) is 7. The lowest BCUT2D eigenvalue weighted by Crippen LogP contribution is -2.16.